The van der Waals surface area contributed by atoms with E-state index in [0.717, 1.165) is 5.56 Å². The van der Waals surface area contributed by atoms with E-state index in [-0.39, 0.29) is 6.04 Å². The molecule has 0 bridgehead atoms. The molecule has 2 rings (SSSR count). The van der Waals surface area contributed by atoms with Gasteiger partial charge < -0.3 is 10.5 Å². The van der Waals surface area contributed by atoms with E-state index in [9.17, 15) is 0 Å². The van der Waals surface area contributed by atoms with Crippen LogP contribution in [0.3, 0.4) is 0 Å². The molecule has 94 valence electrons. The number of ether oxygens (including phenoxy) is 1. The van der Waals surface area contributed by atoms with Crippen molar-refractivity contribution in [3.05, 3.63) is 41.7 Å². The fourth-order valence-corrected chi connectivity index (χ4v) is 1.60. The summed E-state index contributed by atoms with van der Waals surface area (Å²) in [5.41, 5.74) is 9.85. The predicted octanol–water partition coefficient (Wildman–Crippen LogP) is 0.0151. The Kier molecular flexibility index (Phi) is 3.66. The normalized spacial score (nSPS) is 12.1. The Morgan fingerprint density at radius 1 is 1.28 bits per heavy atom. The molecule has 0 spiro atoms. The highest BCUT2D eigenvalue weighted by Gasteiger charge is 2.17. The molecule has 7 nitrogen and oxygen atoms in total. The van der Waals surface area contributed by atoms with Crippen LogP contribution in [0, 0.1) is 0 Å². The molecule has 0 aliphatic carbocycles. The first-order valence-electron chi connectivity index (χ1n) is 5.30. The van der Waals surface area contributed by atoms with Crippen LogP contribution in [0.4, 0.5) is 5.82 Å². The summed E-state index contributed by atoms with van der Waals surface area (Å²) in [7, 11) is 1.53. The van der Waals surface area contributed by atoms with Gasteiger partial charge in [-0.05, 0) is 12.1 Å². The molecule has 18 heavy (non-hydrogen) atoms. The Hall–Kier alpha value is -2.25. The van der Waals surface area contributed by atoms with Gasteiger partial charge in [0.25, 0.3) is 0 Å². The standard InChI is InChI=1S/C11H14N6O/c1-18-9-5-4-8(16-17-9)10(15-13)7-3-2-6-14-11(7)12/h2-6,10,15H,13H2,1H3,(H2,12,14). The molecule has 0 saturated carbocycles. The molecule has 0 aliphatic heterocycles. The van der Waals surface area contributed by atoms with Gasteiger partial charge in [0.15, 0.2) is 0 Å². The van der Waals surface area contributed by atoms with Gasteiger partial charge >= 0.3 is 0 Å². The van der Waals surface area contributed by atoms with E-state index >= 15 is 0 Å². The monoisotopic (exact) mass is 246 g/mol. The van der Waals surface area contributed by atoms with E-state index in [4.69, 9.17) is 16.3 Å². The van der Waals surface area contributed by atoms with Crippen molar-refractivity contribution in [1.82, 2.24) is 20.6 Å². The Labute approximate surface area is 104 Å². The lowest BCUT2D eigenvalue weighted by Gasteiger charge is -2.16. The molecule has 0 aromatic carbocycles. The van der Waals surface area contributed by atoms with Gasteiger partial charge in [-0.1, -0.05) is 6.07 Å². The van der Waals surface area contributed by atoms with Gasteiger partial charge in [0.05, 0.1) is 18.8 Å². The van der Waals surface area contributed by atoms with Gasteiger partial charge in [-0.2, -0.15) is 0 Å². The minimum Gasteiger partial charge on any atom is -0.480 e. The van der Waals surface area contributed by atoms with Crippen LogP contribution in [0.15, 0.2) is 30.5 Å². The lowest BCUT2D eigenvalue weighted by atomic mass is 10.1. The first-order chi connectivity index (χ1) is 8.76. The number of nitrogen functional groups attached to an aromatic ring is 1. The van der Waals surface area contributed by atoms with Crippen LogP contribution in [0.2, 0.25) is 0 Å². The Morgan fingerprint density at radius 2 is 2.11 bits per heavy atom. The zero-order chi connectivity index (χ0) is 13.0. The summed E-state index contributed by atoms with van der Waals surface area (Å²) in [5, 5.41) is 7.93. The second-order valence-electron chi connectivity index (χ2n) is 3.58. The average molecular weight is 246 g/mol. The fourth-order valence-electron chi connectivity index (χ4n) is 1.60. The highest BCUT2D eigenvalue weighted by molar-refractivity contribution is 5.44. The third-order valence-corrected chi connectivity index (χ3v) is 2.51. The van der Waals surface area contributed by atoms with Crippen LogP contribution in [0.25, 0.3) is 0 Å². The van der Waals surface area contributed by atoms with Gasteiger partial charge in [0.2, 0.25) is 5.88 Å². The molecule has 1 atom stereocenters. The summed E-state index contributed by atoms with van der Waals surface area (Å²) < 4.78 is 4.95. The topological polar surface area (TPSA) is 112 Å². The molecule has 0 aliphatic rings. The van der Waals surface area contributed by atoms with E-state index in [1.54, 1.807) is 24.4 Å². The number of pyridine rings is 1. The lowest BCUT2D eigenvalue weighted by molar-refractivity contribution is 0.390. The van der Waals surface area contributed by atoms with E-state index in [1.165, 1.54) is 7.11 Å². The zero-order valence-corrected chi connectivity index (χ0v) is 9.87. The van der Waals surface area contributed by atoms with Crippen molar-refractivity contribution in [2.75, 3.05) is 12.8 Å². The van der Waals surface area contributed by atoms with Gasteiger partial charge in [-0.3, -0.25) is 5.84 Å². The van der Waals surface area contributed by atoms with Crippen LogP contribution in [-0.2, 0) is 0 Å². The maximum Gasteiger partial charge on any atom is 0.233 e. The van der Waals surface area contributed by atoms with Gasteiger partial charge in [0.1, 0.15) is 5.82 Å². The molecular weight excluding hydrogens is 232 g/mol. The molecule has 0 saturated heterocycles. The van der Waals surface area contributed by atoms with Crippen molar-refractivity contribution in [3.8, 4) is 5.88 Å². The molecule has 5 N–H and O–H groups in total. The van der Waals surface area contributed by atoms with Crippen molar-refractivity contribution in [3.63, 3.8) is 0 Å². The Morgan fingerprint density at radius 3 is 2.67 bits per heavy atom. The van der Waals surface area contributed by atoms with Crippen LogP contribution in [0.5, 0.6) is 5.88 Å². The van der Waals surface area contributed by atoms with Gasteiger partial charge in [-0.15, -0.1) is 10.2 Å². The number of aromatic nitrogens is 3. The first kappa shape index (κ1) is 12.2. The Balaban J connectivity index is 2.36. The highest BCUT2D eigenvalue weighted by Crippen LogP contribution is 2.23. The highest BCUT2D eigenvalue weighted by atomic mass is 16.5. The minimum atomic E-state index is -0.364. The van der Waals surface area contributed by atoms with Gasteiger partial charge in [0, 0.05) is 17.8 Å². The molecule has 2 aromatic heterocycles. The van der Waals surface area contributed by atoms with E-state index in [0.29, 0.717) is 17.4 Å². The van der Waals surface area contributed by atoms with E-state index in [2.05, 4.69) is 20.6 Å². The molecule has 2 heterocycles. The lowest BCUT2D eigenvalue weighted by Crippen LogP contribution is -2.30. The molecule has 1 unspecified atom stereocenters. The van der Waals surface area contributed by atoms with E-state index < -0.39 is 0 Å². The summed E-state index contributed by atoms with van der Waals surface area (Å²) in [4.78, 5) is 4.02. The van der Waals surface area contributed by atoms with Crippen LogP contribution >= 0.6 is 0 Å². The zero-order valence-electron chi connectivity index (χ0n) is 9.87. The predicted molar refractivity (Wildman–Crippen MR) is 66.4 cm³/mol. The van der Waals surface area contributed by atoms with Crippen molar-refractivity contribution in [1.29, 1.82) is 0 Å². The molecular formula is C11H14N6O. The summed E-state index contributed by atoms with van der Waals surface area (Å²) in [6, 6.07) is 6.73. The van der Waals surface area contributed by atoms with Crippen molar-refractivity contribution in [2.24, 2.45) is 5.84 Å². The number of methoxy groups -OCH3 is 1. The second kappa shape index (κ2) is 5.39. The van der Waals surface area contributed by atoms with Gasteiger partial charge in [-0.25, -0.2) is 10.4 Å². The maximum absolute atomic E-state index is 5.81. The van der Waals surface area contributed by atoms with Crippen LogP contribution in [0.1, 0.15) is 17.3 Å². The number of hydrazine groups is 1. The molecule has 0 amide bonds. The molecule has 2 aromatic rings. The maximum atomic E-state index is 5.81. The summed E-state index contributed by atoms with van der Waals surface area (Å²) in [6.45, 7) is 0. The third kappa shape index (κ3) is 2.36. The number of nitrogens with zero attached hydrogens (tertiary/aromatic N) is 3. The van der Waals surface area contributed by atoms with Crippen molar-refractivity contribution >= 4 is 5.82 Å². The number of hydrogen-bond acceptors (Lipinski definition) is 7. The smallest absolute Gasteiger partial charge is 0.233 e. The number of hydrogen-bond donors (Lipinski definition) is 3. The minimum absolute atomic E-state index is 0.364. The van der Waals surface area contributed by atoms with Crippen molar-refractivity contribution < 1.29 is 4.74 Å². The largest absolute Gasteiger partial charge is 0.480 e. The summed E-state index contributed by atoms with van der Waals surface area (Å²) in [5.74, 6) is 6.38. The fraction of sp³-hybridized carbons (Fsp3) is 0.182. The molecule has 0 fully saturated rings. The van der Waals surface area contributed by atoms with Crippen LogP contribution < -0.4 is 21.7 Å². The van der Waals surface area contributed by atoms with Crippen molar-refractivity contribution in [2.45, 2.75) is 6.04 Å². The molecule has 0 radical (unpaired) electrons. The SMILES string of the molecule is COc1ccc(C(NN)c2cccnc2N)nn1. The summed E-state index contributed by atoms with van der Waals surface area (Å²) >= 11 is 0. The first-order valence-corrected chi connectivity index (χ1v) is 5.30. The number of nitrogens with one attached hydrogen (secondary N) is 1. The number of anilines is 1. The van der Waals surface area contributed by atoms with E-state index in [1.807, 2.05) is 6.07 Å². The Bertz CT molecular complexity index is 515. The number of nitrogens with two attached hydrogens (primary N) is 2. The third-order valence-electron chi connectivity index (χ3n) is 2.51. The second-order valence-corrected chi connectivity index (χ2v) is 3.58. The average Bonchev–Trinajstić information content (AvgIpc) is 2.42. The number of rotatable bonds is 4. The molecule has 7 heteroatoms. The quantitative estimate of drug-likeness (QED) is 0.514. The van der Waals surface area contributed by atoms with Crippen LogP contribution in [-0.4, -0.2) is 22.3 Å². The summed E-state index contributed by atoms with van der Waals surface area (Å²) in [6.07, 6.45) is 1.62.